The van der Waals surface area contributed by atoms with Gasteiger partial charge in [0, 0.05) is 11.9 Å². The average Bonchev–Trinajstić information content (AvgIpc) is 3.39. The Morgan fingerprint density at radius 3 is 2.48 bits per heavy atom. The van der Waals surface area contributed by atoms with E-state index in [1.165, 1.54) is 34.4 Å². The van der Waals surface area contributed by atoms with Crippen molar-refractivity contribution in [1.82, 2.24) is 4.90 Å². The number of hydrogen-bond acceptors (Lipinski definition) is 6. The molecule has 8 heteroatoms. The second-order valence-electron chi connectivity index (χ2n) is 7.90. The summed E-state index contributed by atoms with van der Waals surface area (Å²) < 4.78 is 5.16. The molecule has 1 aromatic heterocycles. The fourth-order valence-corrected chi connectivity index (χ4v) is 4.35. The van der Waals surface area contributed by atoms with Crippen LogP contribution in [0.25, 0.3) is 0 Å². The van der Waals surface area contributed by atoms with Crippen molar-refractivity contribution in [3.8, 4) is 0 Å². The first-order valence-corrected chi connectivity index (χ1v) is 11.2. The van der Waals surface area contributed by atoms with Crippen molar-refractivity contribution in [3.05, 3.63) is 86.6 Å². The van der Waals surface area contributed by atoms with Crippen LogP contribution in [0.3, 0.4) is 0 Å². The molecule has 0 fully saturated rings. The van der Waals surface area contributed by atoms with E-state index in [1.807, 2.05) is 43.5 Å². The van der Waals surface area contributed by atoms with Crippen LogP contribution in [-0.2, 0) is 16.1 Å². The highest BCUT2D eigenvalue weighted by atomic mass is 32.1. The normalized spacial score (nSPS) is 12.6. The Morgan fingerprint density at radius 1 is 1.00 bits per heavy atom. The van der Waals surface area contributed by atoms with E-state index in [0.717, 1.165) is 20.9 Å². The molecule has 0 aliphatic carbocycles. The smallest absolute Gasteiger partial charge is 0.338 e. The summed E-state index contributed by atoms with van der Waals surface area (Å²) in [6.45, 7) is 3.72. The van der Waals surface area contributed by atoms with Gasteiger partial charge in [0.2, 0.25) is 0 Å². The van der Waals surface area contributed by atoms with Crippen molar-refractivity contribution >= 4 is 40.7 Å². The summed E-state index contributed by atoms with van der Waals surface area (Å²) in [5.41, 5.74) is 2.70. The van der Waals surface area contributed by atoms with Gasteiger partial charge in [-0.05, 0) is 60.7 Å². The maximum Gasteiger partial charge on any atom is 0.338 e. The van der Waals surface area contributed by atoms with E-state index in [9.17, 15) is 19.2 Å². The monoisotopic (exact) mass is 462 g/mol. The second kappa shape index (κ2) is 8.99. The summed E-state index contributed by atoms with van der Waals surface area (Å²) in [5.74, 6) is -2.01. The maximum atomic E-state index is 13.0. The van der Waals surface area contributed by atoms with E-state index >= 15 is 0 Å². The molecule has 0 atom stereocenters. The van der Waals surface area contributed by atoms with Gasteiger partial charge in [0.05, 0.1) is 28.9 Å². The number of hydrogen-bond donors (Lipinski definition) is 0. The Morgan fingerprint density at radius 2 is 1.76 bits per heavy atom. The number of thiophene rings is 1. The zero-order valence-electron chi connectivity index (χ0n) is 18.5. The molecule has 3 aromatic rings. The number of nitrogens with zero attached hydrogens (tertiary/aromatic N) is 2. The Bertz CT molecular complexity index is 1270. The van der Waals surface area contributed by atoms with Gasteiger partial charge in [-0.1, -0.05) is 18.2 Å². The SMILES string of the molecule is Cc1ccc(C)c(N2C(=O)c3ccc(C(=O)OCC(=O)N(C)Cc4cccs4)cc3C2=O)c1. The van der Waals surface area contributed by atoms with Crippen LogP contribution in [0.5, 0.6) is 0 Å². The molecule has 0 spiro atoms. The Hall–Kier alpha value is -3.78. The van der Waals surface area contributed by atoms with E-state index in [2.05, 4.69) is 0 Å². The number of benzene rings is 2. The van der Waals surface area contributed by atoms with Gasteiger partial charge in [-0.3, -0.25) is 14.4 Å². The number of rotatable bonds is 6. The van der Waals surface area contributed by atoms with Crippen LogP contribution in [0.15, 0.2) is 53.9 Å². The van der Waals surface area contributed by atoms with Gasteiger partial charge in [-0.25, -0.2) is 9.69 Å². The zero-order chi connectivity index (χ0) is 23.7. The van der Waals surface area contributed by atoms with E-state index < -0.39 is 24.4 Å². The number of carbonyl (C=O) groups excluding carboxylic acids is 4. The standard InChI is InChI=1S/C25H22N2O5S/c1-15-6-7-16(2)21(11-15)27-23(29)19-9-8-17(12-20(19)24(27)30)25(31)32-14-22(28)26(3)13-18-5-4-10-33-18/h4-12H,13-14H2,1-3H3. The van der Waals surface area contributed by atoms with Gasteiger partial charge in [0.15, 0.2) is 6.61 Å². The summed E-state index contributed by atoms with van der Waals surface area (Å²) in [7, 11) is 1.64. The minimum absolute atomic E-state index is 0.103. The molecule has 1 aliphatic rings. The molecule has 2 aromatic carbocycles. The predicted octanol–water partition coefficient (Wildman–Crippen LogP) is 3.98. The minimum Gasteiger partial charge on any atom is -0.452 e. The van der Waals surface area contributed by atoms with Crippen molar-refractivity contribution in [2.75, 3.05) is 18.6 Å². The number of amides is 3. The van der Waals surface area contributed by atoms with Crippen molar-refractivity contribution in [1.29, 1.82) is 0 Å². The van der Waals surface area contributed by atoms with Gasteiger partial charge < -0.3 is 9.64 Å². The van der Waals surface area contributed by atoms with Crippen molar-refractivity contribution in [3.63, 3.8) is 0 Å². The molecule has 1 aliphatic heterocycles. The van der Waals surface area contributed by atoms with Crippen LogP contribution < -0.4 is 4.90 Å². The highest BCUT2D eigenvalue weighted by Gasteiger charge is 2.38. The van der Waals surface area contributed by atoms with Gasteiger partial charge in [-0.2, -0.15) is 0 Å². The predicted molar refractivity (Wildman–Crippen MR) is 125 cm³/mol. The Kier molecular flexibility index (Phi) is 6.11. The average molecular weight is 463 g/mol. The summed E-state index contributed by atoms with van der Waals surface area (Å²) in [5, 5.41) is 1.93. The lowest BCUT2D eigenvalue weighted by Crippen LogP contribution is -2.30. The Labute approximate surface area is 195 Å². The largest absolute Gasteiger partial charge is 0.452 e. The molecule has 33 heavy (non-hydrogen) atoms. The van der Waals surface area contributed by atoms with Gasteiger partial charge in [-0.15, -0.1) is 11.3 Å². The Balaban J connectivity index is 1.47. The van der Waals surface area contributed by atoms with Crippen LogP contribution in [0, 0.1) is 13.8 Å². The molecular formula is C25H22N2O5S. The molecule has 168 valence electrons. The number of aryl methyl sites for hydroxylation is 2. The highest BCUT2D eigenvalue weighted by Crippen LogP contribution is 2.31. The van der Waals surface area contributed by atoms with E-state index in [0.29, 0.717) is 12.2 Å². The summed E-state index contributed by atoms with van der Waals surface area (Å²) in [4.78, 5) is 54.4. The summed E-state index contributed by atoms with van der Waals surface area (Å²) >= 11 is 1.54. The summed E-state index contributed by atoms with van der Waals surface area (Å²) in [6, 6.07) is 13.6. The van der Waals surface area contributed by atoms with Gasteiger partial charge >= 0.3 is 5.97 Å². The summed E-state index contributed by atoms with van der Waals surface area (Å²) in [6.07, 6.45) is 0. The molecule has 7 nitrogen and oxygen atoms in total. The third-order valence-corrected chi connectivity index (χ3v) is 6.31. The fraction of sp³-hybridized carbons (Fsp3) is 0.200. The van der Waals surface area contributed by atoms with Crippen molar-refractivity contribution in [2.45, 2.75) is 20.4 Å². The van der Waals surface area contributed by atoms with Crippen LogP contribution in [-0.4, -0.2) is 42.2 Å². The van der Waals surface area contributed by atoms with Gasteiger partial charge in [0.25, 0.3) is 17.7 Å². The lowest BCUT2D eigenvalue weighted by molar-refractivity contribution is -0.133. The number of likely N-dealkylation sites (N-methyl/N-ethyl adjacent to an activating group) is 1. The van der Waals surface area contributed by atoms with Crippen LogP contribution in [0.1, 0.15) is 47.1 Å². The lowest BCUT2D eigenvalue weighted by atomic mass is 10.1. The third-order valence-electron chi connectivity index (χ3n) is 5.45. The lowest BCUT2D eigenvalue weighted by Gasteiger charge is -2.17. The molecule has 0 saturated heterocycles. The first kappa shape index (κ1) is 22.4. The zero-order valence-corrected chi connectivity index (χ0v) is 19.3. The number of fused-ring (bicyclic) bond motifs is 1. The third kappa shape index (κ3) is 4.42. The van der Waals surface area contributed by atoms with Crippen LogP contribution in [0.2, 0.25) is 0 Å². The molecule has 2 heterocycles. The molecule has 0 N–H and O–H groups in total. The second-order valence-corrected chi connectivity index (χ2v) is 8.93. The molecular weight excluding hydrogens is 440 g/mol. The number of esters is 1. The highest BCUT2D eigenvalue weighted by molar-refractivity contribution is 7.09. The first-order valence-electron chi connectivity index (χ1n) is 10.3. The number of anilines is 1. The van der Waals surface area contributed by atoms with Crippen molar-refractivity contribution < 1.29 is 23.9 Å². The van der Waals surface area contributed by atoms with Crippen LogP contribution >= 0.6 is 11.3 Å². The quantitative estimate of drug-likeness (QED) is 0.409. The molecule has 3 amide bonds. The number of carbonyl (C=O) groups is 4. The minimum atomic E-state index is -0.735. The molecule has 0 saturated carbocycles. The topological polar surface area (TPSA) is 84.0 Å². The van der Waals surface area contributed by atoms with Crippen LogP contribution in [0.4, 0.5) is 5.69 Å². The fourth-order valence-electron chi connectivity index (χ4n) is 3.59. The van der Waals surface area contributed by atoms with E-state index in [4.69, 9.17) is 4.74 Å². The van der Waals surface area contributed by atoms with Crippen molar-refractivity contribution in [2.24, 2.45) is 0 Å². The number of imide groups is 1. The molecule has 0 radical (unpaired) electrons. The molecule has 4 rings (SSSR count). The molecule has 0 unspecified atom stereocenters. The van der Waals surface area contributed by atoms with E-state index in [1.54, 1.807) is 13.1 Å². The van der Waals surface area contributed by atoms with E-state index in [-0.39, 0.29) is 22.6 Å². The maximum absolute atomic E-state index is 13.0. The first-order chi connectivity index (χ1) is 15.8. The molecule has 0 bridgehead atoms. The number of ether oxygens (including phenoxy) is 1. The van der Waals surface area contributed by atoms with Gasteiger partial charge in [0.1, 0.15) is 0 Å².